The lowest BCUT2D eigenvalue weighted by Crippen LogP contribution is -2.17. The van der Waals surface area contributed by atoms with Crippen molar-refractivity contribution in [2.75, 3.05) is 14.2 Å². The minimum atomic E-state index is -1.00. The number of carbonyl (C=O) groups is 1. The van der Waals surface area contributed by atoms with E-state index < -0.39 is 16.8 Å². The van der Waals surface area contributed by atoms with Gasteiger partial charge in [0.1, 0.15) is 16.7 Å². The molecule has 0 fully saturated rings. The monoisotopic (exact) mass is 337 g/mol. The number of benzene rings is 1. The van der Waals surface area contributed by atoms with Gasteiger partial charge in [0.05, 0.1) is 19.8 Å². The molecule has 0 aliphatic carbocycles. The number of hydrogen-bond donors (Lipinski definition) is 2. The minimum Gasteiger partial charge on any atom is -0.497 e. The van der Waals surface area contributed by atoms with Gasteiger partial charge in [0.25, 0.3) is 5.56 Å². The first-order chi connectivity index (χ1) is 11.0. The maximum Gasteiger partial charge on any atom is 0.316 e. The summed E-state index contributed by atoms with van der Waals surface area (Å²) in [5, 5.41) is 16.0. The average molecular weight is 337 g/mol. The highest BCUT2D eigenvalue weighted by Crippen LogP contribution is 2.30. The van der Waals surface area contributed by atoms with Gasteiger partial charge in [0.15, 0.2) is 10.9 Å². The number of carboxylic acid groups (broad SMARTS) is 1. The highest BCUT2D eigenvalue weighted by molar-refractivity contribution is 8.00. The fourth-order valence-corrected chi connectivity index (χ4v) is 2.44. The summed E-state index contributed by atoms with van der Waals surface area (Å²) in [4.78, 5) is 25.6. The molecule has 0 aliphatic rings. The molecule has 1 atom stereocenters. The van der Waals surface area contributed by atoms with Crippen LogP contribution in [0.2, 0.25) is 0 Å². The Balaban J connectivity index is 2.38. The molecule has 0 spiro atoms. The molecular weight excluding hydrogens is 322 g/mol. The zero-order valence-electron chi connectivity index (χ0n) is 12.7. The highest BCUT2D eigenvalue weighted by Gasteiger charge is 2.17. The van der Waals surface area contributed by atoms with Crippen LogP contribution in [0.4, 0.5) is 0 Å². The SMILES string of the molecule is COc1ccc(-c2nnc(SC(C)C(=O)O)[nH]c2=O)c(OC)c1. The molecule has 2 N–H and O–H groups in total. The molecule has 23 heavy (non-hydrogen) atoms. The number of nitrogens with zero attached hydrogens (tertiary/aromatic N) is 2. The van der Waals surface area contributed by atoms with Crippen molar-refractivity contribution in [3.8, 4) is 22.8 Å². The van der Waals surface area contributed by atoms with E-state index in [0.717, 1.165) is 11.8 Å². The van der Waals surface area contributed by atoms with Gasteiger partial charge >= 0.3 is 5.97 Å². The maximum absolute atomic E-state index is 12.2. The van der Waals surface area contributed by atoms with Gasteiger partial charge in [0.2, 0.25) is 0 Å². The van der Waals surface area contributed by atoms with Crippen molar-refractivity contribution in [3.05, 3.63) is 28.6 Å². The number of thioether (sulfide) groups is 1. The molecule has 2 rings (SSSR count). The van der Waals surface area contributed by atoms with E-state index in [2.05, 4.69) is 15.2 Å². The molecular formula is C14H15N3O5S. The van der Waals surface area contributed by atoms with Crippen molar-refractivity contribution in [1.82, 2.24) is 15.2 Å². The summed E-state index contributed by atoms with van der Waals surface area (Å²) in [6.07, 6.45) is 0. The molecule has 1 unspecified atom stereocenters. The predicted octanol–water partition coefficient (Wildman–Crippen LogP) is 1.41. The molecule has 1 aromatic heterocycles. The number of H-pyrrole nitrogens is 1. The highest BCUT2D eigenvalue weighted by atomic mass is 32.2. The smallest absolute Gasteiger partial charge is 0.316 e. The van der Waals surface area contributed by atoms with Crippen LogP contribution in [0, 0.1) is 0 Å². The first-order valence-electron chi connectivity index (χ1n) is 6.55. The topological polar surface area (TPSA) is 114 Å². The summed E-state index contributed by atoms with van der Waals surface area (Å²) >= 11 is 0.906. The van der Waals surface area contributed by atoms with Crippen molar-refractivity contribution in [1.29, 1.82) is 0 Å². The summed E-state index contributed by atoms with van der Waals surface area (Å²) < 4.78 is 10.3. The summed E-state index contributed by atoms with van der Waals surface area (Å²) in [6, 6.07) is 4.95. The molecule has 122 valence electrons. The van der Waals surface area contributed by atoms with E-state index in [1.165, 1.54) is 21.1 Å². The van der Waals surface area contributed by atoms with Crippen LogP contribution in [-0.4, -0.2) is 45.7 Å². The first-order valence-corrected chi connectivity index (χ1v) is 7.43. The number of methoxy groups -OCH3 is 2. The van der Waals surface area contributed by atoms with Crippen LogP contribution in [-0.2, 0) is 4.79 Å². The molecule has 0 radical (unpaired) electrons. The van der Waals surface area contributed by atoms with Crippen molar-refractivity contribution in [2.24, 2.45) is 0 Å². The number of carboxylic acids is 1. The van der Waals surface area contributed by atoms with Crippen molar-refractivity contribution >= 4 is 17.7 Å². The number of aliphatic carboxylic acids is 1. The predicted molar refractivity (Wildman–Crippen MR) is 84.1 cm³/mol. The van der Waals surface area contributed by atoms with Crippen molar-refractivity contribution in [2.45, 2.75) is 17.3 Å². The zero-order valence-corrected chi connectivity index (χ0v) is 13.5. The molecule has 1 heterocycles. The Hall–Kier alpha value is -2.55. The summed E-state index contributed by atoms with van der Waals surface area (Å²) in [5.41, 5.74) is 0.0604. The molecule has 8 nitrogen and oxygen atoms in total. The van der Waals surface area contributed by atoms with Gasteiger partial charge in [-0.2, -0.15) is 0 Å². The number of rotatable bonds is 6. The molecule has 0 bridgehead atoms. The third-order valence-electron chi connectivity index (χ3n) is 2.98. The van der Waals surface area contributed by atoms with Gasteiger partial charge < -0.3 is 14.6 Å². The fourth-order valence-electron chi connectivity index (χ4n) is 1.76. The van der Waals surface area contributed by atoms with Gasteiger partial charge in [-0.15, -0.1) is 10.2 Å². The number of nitrogens with one attached hydrogen (secondary N) is 1. The van der Waals surface area contributed by atoms with Gasteiger partial charge in [-0.25, -0.2) is 0 Å². The summed E-state index contributed by atoms with van der Waals surface area (Å²) in [7, 11) is 3.00. The Morgan fingerprint density at radius 1 is 1.30 bits per heavy atom. The van der Waals surface area contributed by atoms with Crippen LogP contribution in [0.1, 0.15) is 6.92 Å². The second-order valence-corrected chi connectivity index (χ2v) is 5.80. The third kappa shape index (κ3) is 3.81. The molecule has 0 aliphatic heterocycles. The van der Waals surface area contributed by atoms with Crippen LogP contribution in [0.5, 0.6) is 11.5 Å². The van der Waals surface area contributed by atoms with Crippen LogP contribution in [0.15, 0.2) is 28.2 Å². The maximum atomic E-state index is 12.2. The van der Waals surface area contributed by atoms with Gasteiger partial charge in [-0.1, -0.05) is 11.8 Å². The third-order valence-corrected chi connectivity index (χ3v) is 3.94. The van der Waals surface area contributed by atoms with Crippen LogP contribution >= 0.6 is 11.8 Å². The number of ether oxygens (including phenoxy) is 2. The second kappa shape index (κ2) is 7.14. The van der Waals surface area contributed by atoms with Gasteiger partial charge in [0, 0.05) is 6.07 Å². The van der Waals surface area contributed by atoms with Crippen molar-refractivity contribution < 1.29 is 19.4 Å². The largest absolute Gasteiger partial charge is 0.497 e. The molecule has 1 aromatic carbocycles. The summed E-state index contributed by atoms with van der Waals surface area (Å²) in [6.45, 7) is 1.49. The Bertz CT molecular complexity index is 777. The lowest BCUT2D eigenvalue weighted by Gasteiger charge is -2.09. The van der Waals surface area contributed by atoms with Crippen molar-refractivity contribution in [3.63, 3.8) is 0 Å². The number of hydrogen-bond acceptors (Lipinski definition) is 7. The van der Waals surface area contributed by atoms with E-state index in [-0.39, 0.29) is 10.9 Å². The fraction of sp³-hybridized carbons (Fsp3) is 0.286. The van der Waals surface area contributed by atoms with Crippen LogP contribution in [0.25, 0.3) is 11.3 Å². The van der Waals surface area contributed by atoms with Gasteiger partial charge in [-0.05, 0) is 19.1 Å². The quantitative estimate of drug-likeness (QED) is 0.761. The van der Waals surface area contributed by atoms with Crippen LogP contribution in [0.3, 0.4) is 0 Å². The van der Waals surface area contributed by atoms with E-state index in [0.29, 0.717) is 17.1 Å². The van der Waals surface area contributed by atoms with E-state index in [9.17, 15) is 9.59 Å². The lowest BCUT2D eigenvalue weighted by atomic mass is 10.1. The second-order valence-electron chi connectivity index (χ2n) is 4.47. The number of aromatic nitrogens is 3. The Kier molecular flexibility index (Phi) is 5.22. The lowest BCUT2D eigenvalue weighted by molar-refractivity contribution is -0.136. The average Bonchev–Trinajstić information content (AvgIpc) is 2.54. The molecule has 0 saturated heterocycles. The molecule has 9 heteroatoms. The molecule has 2 aromatic rings. The van der Waals surface area contributed by atoms with Gasteiger partial charge in [-0.3, -0.25) is 14.6 Å². The van der Waals surface area contributed by atoms with E-state index >= 15 is 0 Å². The van der Waals surface area contributed by atoms with E-state index in [1.807, 2.05) is 0 Å². The Morgan fingerprint density at radius 3 is 2.61 bits per heavy atom. The van der Waals surface area contributed by atoms with E-state index in [1.54, 1.807) is 18.2 Å². The zero-order chi connectivity index (χ0) is 17.0. The number of aromatic amines is 1. The molecule has 0 amide bonds. The van der Waals surface area contributed by atoms with Crippen LogP contribution < -0.4 is 15.0 Å². The summed E-state index contributed by atoms with van der Waals surface area (Å²) in [5.74, 6) is -0.000507. The first kappa shape index (κ1) is 16.8. The standard InChI is InChI=1S/C14H15N3O5S/c1-7(13(19)20)23-14-15-12(18)11(16-17-14)9-5-4-8(21-2)6-10(9)22-3/h4-7H,1-3H3,(H,19,20)(H,15,17,18). The van der Waals surface area contributed by atoms with E-state index in [4.69, 9.17) is 14.6 Å². The Morgan fingerprint density at radius 2 is 2.04 bits per heavy atom. The normalized spacial score (nSPS) is 11.8. The Labute approximate surface area is 135 Å². The minimum absolute atomic E-state index is 0.0804. The molecule has 0 saturated carbocycles.